The number of oxazole rings is 1. The largest absolute Gasteiger partial charge is 0.396 e. The van der Waals surface area contributed by atoms with Crippen molar-refractivity contribution in [1.82, 2.24) is 14.4 Å². The summed E-state index contributed by atoms with van der Waals surface area (Å²) in [5.74, 6) is 0.846. The van der Waals surface area contributed by atoms with Crippen molar-refractivity contribution in [3.8, 4) is 11.5 Å². The molecule has 0 N–H and O–H groups in total. The zero-order valence-electron chi connectivity index (χ0n) is 9.95. The van der Waals surface area contributed by atoms with E-state index in [9.17, 15) is 0 Å². The molecule has 0 bridgehead atoms. The van der Waals surface area contributed by atoms with Crippen molar-refractivity contribution >= 4 is 17.0 Å². The molecule has 0 spiro atoms. The lowest BCUT2D eigenvalue weighted by Crippen LogP contribution is -2.30. The smallest absolute Gasteiger partial charge is 0.390 e. The molecule has 0 radical (unpaired) electrons. The van der Waals surface area contributed by atoms with Gasteiger partial charge in [-0.15, -0.1) is 0 Å². The van der Waals surface area contributed by atoms with E-state index >= 15 is 0 Å². The van der Waals surface area contributed by atoms with Gasteiger partial charge in [-0.2, -0.15) is 4.57 Å². The summed E-state index contributed by atoms with van der Waals surface area (Å²) in [6.07, 6.45) is 5.63. The highest BCUT2D eigenvalue weighted by atomic mass is 16.4. The molecule has 0 aliphatic carbocycles. The van der Waals surface area contributed by atoms with Gasteiger partial charge < -0.3 is 4.42 Å². The first-order chi connectivity index (χ1) is 9.42. The fourth-order valence-electron chi connectivity index (χ4n) is 2.75. The maximum absolute atomic E-state index is 6.01. The number of imidazole rings is 1. The van der Waals surface area contributed by atoms with Gasteiger partial charge in [0.25, 0.3) is 5.65 Å². The van der Waals surface area contributed by atoms with Crippen LogP contribution in [0.4, 0.5) is 0 Å². The average Bonchev–Trinajstić information content (AvgIpc) is 3.07. The second kappa shape index (κ2) is 3.00. The zero-order chi connectivity index (χ0) is 12.4. The Morgan fingerprint density at radius 3 is 3.26 bits per heavy atom. The van der Waals surface area contributed by atoms with Gasteiger partial charge in [0.05, 0.1) is 5.56 Å². The lowest BCUT2D eigenvalue weighted by Gasteiger charge is -1.91. The number of aromatic nitrogens is 4. The molecule has 1 aliphatic rings. The van der Waals surface area contributed by atoms with Gasteiger partial charge in [0.2, 0.25) is 0 Å². The summed E-state index contributed by atoms with van der Waals surface area (Å²) < 4.78 is 10.1. The van der Waals surface area contributed by atoms with E-state index in [-0.39, 0.29) is 0 Å². The van der Waals surface area contributed by atoms with Crippen LogP contribution in [-0.2, 0) is 6.54 Å². The minimum absolute atomic E-state index is 0.792. The van der Waals surface area contributed by atoms with Gasteiger partial charge in [-0.1, -0.05) is 6.07 Å². The van der Waals surface area contributed by atoms with Crippen LogP contribution in [0.5, 0.6) is 0 Å². The van der Waals surface area contributed by atoms with Gasteiger partial charge in [-0.3, -0.25) is 4.98 Å². The Morgan fingerprint density at radius 2 is 2.26 bits per heavy atom. The van der Waals surface area contributed by atoms with Crippen molar-refractivity contribution in [3.05, 3.63) is 48.4 Å². The summed E-state index contributed by atoms with van der Waals surface area (Å²) in [5.41, 5.74) is 4.87. The van der Waals surface area contributed by atoms with E-state index in [1.165, 1.54) is 5.56 Å². The van der Waals surface area contributed by atoms with E-state index < -0.39 is 0 Å². The summed E-state index contributed by atoms with van der Waals surface area (Å²) >= 11 is 0. The standard InChI is InChI=1S/C14H9N4O/c1-2-6-17-11(3-1)16-12-14(17)19-13-10-7-15-5-4-9(10)8-18(12)13/h1-7H,8H2/q+1. The number of pyridine rings is 2. The Kier molecular flexibility index (Phi) is 1.46. The number of hydrogen-bond donors (Lipinski definition) is 0. The summed E-state index contributed by atoms with van der Waals surface area (Å²) in [7, 11) is 0. The van der Waals surface area contributed by atoms with Crippen molar-refractivity contribution in [2.45, 2.75) is 6.54 Å². The molecule has 0 unspecified atom stereocenters. The van der Waals surface area contributed by atoms with Gasteiger partial charge in [0, 0.05) is 30.2 Å². The van der Waals surface area contributed by atoms with E-state index in [2.05, 4.69) is 14.5 Å². The van der Waals surface area contributed by atoms with Crippen molar-refractivity contribution < 1.29 is 8.98 Å². The molecule has 0 saturated carbocycles. The van der Waals surface area contributed by atoms with Crippen LogP contribution in [0.1, 0.15) is 5.56 Å². The zero-order valence-corrected chi connectivity index (χ0v) is 9.95. The van der Waals surface area contributed by atoms with E-state index in [4.69, 9.17) is 4.42 Å². The highest BCUT2D eigenvalue weighted by Crippen LogP contribution is 2.30. The van der Waals surface area contributed by atoms with E-state index in [1.54, 1.807) is 0 Å². The number of nitrogens with zero attached hydrogens (tertiary/aromatic N) is 4. The van der Waals surface area contributed by atoms with Crippen LogP contribution in [0.25, 0.3) is 28.5 Å². The highest BCUT2D eigenvalue weighted by molar-refractivity contribution is 5.72. The Bertz CT molecular complexity index is 951. The van der Waals surface area contributed by atoms with Gasteiger partial charge in [0.1, 0.15) is 6.54 Å². The topological polar surface area (TPSA) is 47.2 Å². The van der Waals surface area contributed by atoms with Crippen molar-refractivity contribution in [2.24, 2.45) is 0 Å². The molecule has 0 fully saturated rings. The molecule has 5 rings (SSSR count). The predicted octanol–water partition coefficient (Wildman–Crippen LogP) is 1.79. The molecule has 5 heterocycles. The Labute approximate surface area is 107 Å². The Balaban J connectivity index is 1.93. The fraction of sp³-hybridized carbons (Fsp3) is 0.0714. The third-order valence-electron chi connectivity index (χ3n) is 3.63. The maximum atomic E-state index is 6.01. The fourth-order valence-corrected chi connectivity index (χ4v) is 2.75. The first-order valence-corrected chi connectivity index (χ1v) is 6.14. The average molecular weight is 249 g/mol. The monoisotopic (exact) mass is 249 g/mol. The van der Waals surface area contributed by atoms with Gasteiger partial charge in [-0.25, -0.2) is 4.40 Å². The third kappa shape index (κ3) is 1.03. The quantitative estimate of drug-likeness (QED) is 0.393. The molecule has 1 aliphatic heterocycles. The summed E-state index contributed by atoms with van der Waals surface area (Å²) in [6.45, 7) is 0.796. The molecule has 5 heteroatoms. The first-order valence-electron chi connectivity index (χ1n) is 6.14. The van der Waals surface area contributed by atoms with Crippen molar-refractivity contribution in [1.29, 1.82) is 0 Å². The van der Waals surface area contributed by atoms with Crippen LogP contribution >= 0.6 is 0 Å². The van der Waals surface area contributed by atoms with Crippen LogP contribution in [0.15, 0.2) is 47.3 Å². The Morgan fingerprint density at radius 1 is 1.26 bits per heavy atom. The normalized spacial score (nSPS) is 13.1. The molecule has 4 aromatic heterocycles. The summed E-state index contributed by atoms with van der Waals surface area (Å²) in [5, 5.41) is 0. The van der Waals surface area contributed by atoms with Crippen LogP contribution < -0.4 is 4.57 Å². The van der Waals surface area contributed by atoms with Crippen molar-refractivity contribution in [3.63, 3.8) is 0 Å². The molecule has 90 valence electrons. The second-order valence-electron chi connectivity index (χ2n) is 4.70. The molecule has 19 heavy (non-hydrogen) atoms. The third-order valence-corrected chi connectivity index (χ3v) is 3.63. The number of hydrogen-bond acceptors (Lipinski definition) is 3. The lowest BCUT2D eigenvalue weighted by molar-refractivity contribution is -0.651. The van der Waals surface area contributed by atoms with Crippen LogP contribution in [0, 0.1) is 0 Å². The van der Waals surface area contributed by atoms with Gasteiger partial charge in [0.15, 0.2) is 0 Å². The van der Waals surface area contributed by atoms with Crippen molar-refractivity contribution in [2.75, 3.05) is 0 Å². The SMILES string of the molecule is c1ccn2c(c1)nc1c2oc2[n+]1Cc1ccncc1-2. The Hall–Kier alpha value is -2.69. The lowest BCUT2D eigenvalue weighted by atomic mass is 10.2. The number of fused-ring (bicyclic) bond motifs is 7. The molecule has 5 nitrogen and oxygen atoms in total. The highest BCUT2D eigenvalue weighted by Gasteiger charge is 2.34. The van der Waals surface area contributed by atoms with E-state index in [0.717, 1.165) is 35.0 Å². The number of rotatable bonds is 0. The molecule has 4 aromatic rings. The minimum Gasteiger partial charge on any atom is -0.396 e. The van der Waals surface area contributed by atoms with E-state index in [1.807, 2.05) is 47.3 Å². The first kappa shape index (κ1) is 9.27. The molecule has 0 saturated heterocycles. The molecule has 0 amide bonds. The summed E-state index contributed by atoms with van der Waals surface area (Å²) in [6, 6.07) is 7.96. The molecule has 0 atom stereocenters. The summed E-state index contributed by atoms with van der Waals surface area (Å²) in [4.78, 5) is 8.81. The molecule has 0 aromatic carbocycles. The van der Waals surface area contributed by atoms with Gasteiger partial charge in [-0.05, 0) is 17.1 Å². The predicted molar refractivity (Wildman–Crippen MR) is 67.5 cm³/mol. The van der Waals surface area contributed by atoms with Crippen LogP contribution in [0.2, 0.25) is 0 Å². The van der Waals surface area contributed by atoms with Crippen LogP contribution in [-0.4, -0.2) is 14.4 Å². The molecular weight excluding hydrogens is 240 g/mol. The van der Waals surface area contributed by atoms with Gasteiger partial charge >= 0.3 is 17.3 Å². The van der Waals surface area contributed by atoms with Crippen LogP contribution in [0.3, 0.4) is 0 Å². The minimum atomic E-state index is 0.792. The van der Waals surface area contributed by atoms with E-state index in [0.29, 0.717) is 0 Å². The molecular formula is C14H9N4O+. The maximum Gasteiger partial charge on any atom is 0.390 e. The second-order valence-corrected chi connectivity index (χ2v) is 4.70.